The van der Waals surface area contributed by atoms with Crippen LogP contribution in [0.5, 0.6) is 0 Å². The van der Waals surface area contributed by atoms with Gasteiger partial charge in [0.05, 0.1) is 5.69 Å². The maximum absolute atomic E-state index is 5.06. The topological polar surface area (TPSA) is 30.5 Å². The molecule has 0 spiro atoms. The second-order valence-corrected chi connectivity index (χ2v) is 3.24. The van der Waals surface area contributed by atoms with Crippen LogP contribution in [0.15, 0.2) is 30.3 Å². The maximum Gasteiger partial charge on any atom is 0.206 e. The lowest BCUT2D eigenvalue weighted by Crippen LogP contribution is -2.35. The molecule has 68 valence electrons. The molecule has 1 heterocycles. The van der Waals surface area contributed by atoms with E-state index in [-0.39, 0.29) is 0 Å². The van der Waals surface area contributed by atoms with Crippen molar-refractivity contribution in [1.82, 2.24) is 15.5 Å². The lowest BCUT2D eigenvalue weighted by Gasteiger charge is -2.20. The van der Waals surface area contributed by atoms with Gasteiger partial charge in [-0.1, -0.05) is 35.5 Å². The van der Waals surface area contributed by atoms with Gasteiger partial charge in [-0.25, -0.2) is 5.01 Å². The molecular weight excluding hydrogens is 204 g/mol. The van der Waals surface area contributed by atoms with Gasteiger partial charge in [0.25, 0.3) is 0 Å². The Morgan fingerprint density at radius 1 is 1.23 bits per heavy atom. The van der Waals surface area contributed by atoms with Gasteiger partial charge >= 0.3 is 0 Å². The fourth-order valence-electron chi connectivity index (χ4n) is 1.08. The van der Waals surface area contributed by atoms with Crippen molar-refractivity contribution < 1.29 is 0 Å². The number of nitrogens with one attached hydrogen (secondary N) is 2. The number of hydrogen-bond donors (Lipinski definition) is 3. The van der Waals surface area contributed by atoms with E-state index in [0.29, 0.717) is 5.11 Å². The highest BCUT2D eigenvalue weighted by Gasteiger charge is 2.23. The predicted octanol–water partition coefficient (Wildman–Crippen LogP) is 0.863. The third-order valence-electron chi connectivity index (χ3n) is 1.65. The summed E-state index contributed by atoms with van der Waals surface area (Å²) in [5.41, 5.74) is 6.48. The van der Waals surface area contributed by atoms with Crippen molar-refractivity contribution in [3.8, 4) is 0 Å². The molecule has 0 amide bonds. The van der Waals surface area contributed by atoms with Crippen molar-refractivity contribution in [3.63, 3.8) is 0 Å². The van der Waals surface area contributed by atoms with E-state index < -0.39 is 0 Å². The van der Waals surface area contributed by atoms with Gasteiger partial charge in [0.2, 0.25) is 5.11 Å². The summed E-state index contributed by atoms with van der Waals surface area (Å²) in [6.07, 6.45) is 0. The Kier molecular flexibility index (Phi) is 2.36. The average Bonchev–Trinajstić information content (AvgIpc) is 2.48. The lowest BCUT2D eigenvalue weighted by atomic mass is 10.3. The van der Waals surface area contributed by atoms with Crippen LogP contribution in [0.25, 0.3) is 0 Å². The minimum atomic E-state index is 0.571. The first-order valence-electron chi connectivity index (χ1n) is 3.69. The summed E-state index contributed by atoms with van der Waals surface area (Å²) >= 11 is 9.22. The largest absolute Gasteiger partial charge is 0.281 e. The summed E-state index contributed by atoms with van der Waals surface area (Å²) < 4.78 is 1.48. The predicted molar refractivity (Wildman–Crippen MR) is 58.6 cm³/mol. The molecule has 6 heteroatoms. The average molecular weight is 212 g/mol. The van der Waals surface area contributed by atoms with Gasteiger partial charge < -0.3 is 0 Å². The zero-order chi connectivity index (χ0) is 9.26. The molecule has 4 nitrogen and oxygen atoms in total. The number of nitrogens with zero attached hydrogens (tertiary/aromatic N) is 2. The highest BCUT2D eigenvalue weighted by Crippen LogP contribution is 2.17. The number of benzene rings is 1. The van der Waals surface area contributed by atoms with Crippen LogP contribution in [0.3, 0.4) is 0 Å². The molecule has 0 saturated carbocycles. The van der Waals surface area contributed by atoms with Crippen LogP contribution in [0.4, 0.5) is 5.69 Å². The molecule has 0 aromatic heterocycles. The van der Waals surface area contributed by atoms with Crippen molar-refractivity contribution >= 4 is 35.8 Å². The minimum absolute atomic E-state index is 0.571. The number of thiol groups is 1. The fraction of sp³-hybridized carbons (Fsp3) is 0. The van der Waals surface area contributed by atoms with E-state index in [9.17, 15) is 0 Å². The summed E-state index contributed by atoms with van der Waals surface area (Å²) in [5, 5.41) is 2.31. The van der Waals surface area contributed by atoms with Crippen LogP contribution in [0, 0.1) is 0 Å². The molecule has 1 fully saturated rings. The van der Waals surface area contributed by atoms with E-state index in [2.05, 4.69) is 23.8 Å². The van der Waals surface area contributed by atoms with E-state index in [1.165, 1.54) is 4.52 Å². The molecule has 0 bridgehead atoms. The molecule has 1 saturated heterocycles. The summed E-state index contributed by atoms with van der Waals surface area (Å²) in [7, 11) is 0. The van der Waals surface area contributed by atoms with Crippen molar-refractivity contribution in [2.45, 2.75) is 0 Å². The molecule has 1 aliphatic heterocycles. The van der Waals surface area contributed by atoms with Gasteiger partial charge in [0.15, 0.2) is 0 Å². The summed E-state index contributed by atoms with van der Waals surface area (Å²) in [6, 6.07) is 9.73. The first kappa shape index (κ1) is 8.76. The van der Waals surface area contributed by atoms with Gasteiger partial charge in [-0.2, -0.15) is 0 Å². The smallest absolute Gasteiger partial charge is 0.206 e. The van der Waals surface area contributed by atoms with Crippen LogP contribution >= 0.6 is 25.0 Å². The molecule has 13 heavy (non-hydrogen) atoms. The van der Waals surface area contributed by atoms with Crippen molar-refractivity contribution in [2.75, 3.05) is 5.01 Å². The van der Waals surface area contributed by atoms with Crippen molar-refractivity contribution in [2.24, 2.45) is 0 Å². The monoisotopic (exact) mass is 212 g/mol. The Bertz CT molecular complexity index is 316. The molecule has 2 N–H and O–H groups in total. The number of para-hydroxylation sites is 1. The van der Waals surface area contributed by atoms with Crippen LogP contribution in [0.2, 0.25) is 0 Å². The van der Waals surface area contributed by atoms with E-state index in [0.717, 1.165) is 5.69 Å². The molecule has 1 aromatic carbocycles. The highest BCUT2D eigenvalue weighted by molar-refractivity contribution is 7.81. The van der Waals surface area contributed by atoms with Gasteiger partial charge in [0.1, 0.15) is 0 Å². The molecule has 2 rings (SSSR count). The van der Waals surface area contributed by atoms with E-state index in [4.69, 9.17) is 12.2 Å². The summed E-state index contributed by atoms with van der Waals surface area (Å²) in [4.78, 5) is 0. The molecule has 0 radical (unpaired) electrons. The quantitative estimate of drug-likeness (QED) is 0.475. The molecular formula is C7H8N4S2. The molecule has 1 aromatic rings. The Balaban J connectivity index is 2.30. The van der Waals surface area contributed by atoms with Crippen LogP contribution < -0.4 is 16.0 Å². The lowest BCUT2D eigenvalue weighted by molar-refractivity contribution is 0.400. The Morgan fingerprint density at radius 2 is 1.92 bits per heavy atom. The zero-order valence-corrected chi connectivity index (χ0v) is 8.35. The number of hydrogen-bond acceptors (Lipinski definition) is 4. The zero-order valence-electron chi connectivity index (χ0n) is 6.64. The van der Waals surface area contributed by atoms with Crippen LogP contribution in [0.1, 0.15) is 0 Å². The molecule has 0 atom stereocenters. The van der Waals surface area contributed by atoms with Crippen LogP contribution in [-0.4, -0.2) is 9.64 Å². The number of hydrazine groups is 3. The van der Waals surface area contributed by atoms with E-state index >= 15 is 0 Å². The molecule has 0 unspecified atom stereocenters. The van der Waals surface area contributed by atoms with Gasteiger partial charge in [-0.05, 0) is 24.4 Å². The SMILES string of the molecule is S=C1NNN(S)N1c1ccccc1. The summed E-state index contributed by atoms with van der Waals surface area (Å²) in [5.74, 6) is 0. The second-order valence-electron chi connectivity index (χ2n) is 2.48. The van der Waals surface area contributed by atoms with Crippen LogP contribution in [-0.2, 0) is 0 Å². The van der Waals surface area contributed by atoms with Gasteiger partial charge in [-0.15, -0.1) is 5.53 Å². The Hall–Kier alpha value is -0.820. The van der Waals surface area contributed by atoms with E-state index in [1.54, 1.807) is 5.01 Å². The molecule has 0 aliphatic carbocycles. The number of anilines is 1. The minimum Gasteiger partial charge on any atom is -0.281 e. The number of thiocarbonyl (C=S) groups is 1. The molecule has 1 aliphatic rings. The fourth-order valence-corrected chi connectivity index (χ4v) is 1.62. The Morgan fingerprint density at radius 3 is 2.46 bits per heavy atom. The first-order chi connectivity index (χ1) is 6.29. The van der Waals surface area contributed by atoms with E-state index in [1.807, 2.05) is 30.3 Å². The maximum atomic E-state index is 5.06. The van der Waals surface area contributed by atoms with Gasteiger partial charge in [-0.3, -0.25) is 5.43 Å². The third kappa shape index (κ3) is 1.61. The normalized spacial score (nSPS) is 17.6. The standard InChI is InChI=1S/C7H8N4S2/c12-7-8-9-11(13)10(7)6-4-2-1-3-5-6/h1-5,9,13H,(H,8,12). The van der Waals surface area contributed by atoms with Crippen molar-refractivity contribution in [3.05, 3.63) is 30.3 Å². The first-order valence-corrected chi connectivity index (χ1v) is 4.49. The summed E-state index contributed by atoms with van der Waals surface area (Å²) in [6.45, 7) is 0. The van der Waals surface area contributed by atoms with Crippen molar-refractivity contribution in [1.29, 1.82) is 0 Å². The second kappa shape index (κ2) is 3.51. The third-order valence-corrected chi connectivity index (χ3v) is 2.20. The Labute approximate surface area is 87.0 Å². The highest BCUT2D eigenvalue weighted by atomic mass is 32.1. The van der Waals surface area contributed by atoms with Gasteiger partial charge in [0, 0.05) is 0 Å². The number of rotatable bonds is 1.